The molecule has 2 aromatic rings. The molecule has 0 unspecified atom stereocenters. The van der Waals surface area contributed by atoms with Gasteiger partial charge in [-0.25, -0.2) is 0 Å². The Hall–Kier alpha value is -2.93. The van der Waals surface area contributed by atoms with Gasteiger partial charge in [-0.3, -0.25) is 20.0 Å². The average molecular weight is 356 g/mol. The highest BCUT2D eigenvalue weighted by molar-refractivity contribution is 7.80. The first kappa shape index (κ1) is 18.4. The monoisotopic (exact) mass is 356 g/mol. The fourth-order valence-corrected chi connectivity index (χ4v) is 2.26. The van der Waals surface area contributed by atoms with Crippen LogP contribution < -0.4 is 10.7 Å². The summed E-state index contributed by atoms with van der Waals surface area (Å²) in [6.45, 7) is 0. The van der Waals surface area contributed by atoms with Gasteiger partial charge in [-0.2, -0.15) is 0 Å². The zero-order valence-electron chi connectivity index (χ0n) is 14.3. The van der Waals surface area contributed by atoms with Crippen molar-refractivity contribution in [3.05, 3.63) is 65.7 Å². The Bertz CT molecular complexity index is 778. The minimum absolute atomic E-state index is 0.238. The molecule has 0 saturated carbocycles. The molecule has 0 heterocycles. The van der Waals surface area contributed by atoms with Crippen LogP contribution in [0.15, 0.2) is 54.6 Å². The van der Waals surface area contributed by atoms with Crippen LogP contribution in [0.2, 0.25) is 0 Å². The van der Waals surface area contributed by atoms with E-state index >= 15 is 0 Å². The van der Waals surface area contributed by atoms with Crippen LogP contribution in [-0.2, 0) is 0 Å². The summed E-state index contributed by atoms with van der Waals surface area (Å²) in [4.78, 5) is 26.2. The molecule has 0 aliphatic carbocycles. The largest absolute Gasteiger partial charge is 0.345 e. The molecule has 0 aromatic heterocycles. The van der Waals surface area contributed by atoms with Crippen LogP contribution in [0.5, 0.6) is 0 Å². The van der Waals surface area contributed by atoms with Gasteiger partial charge in [-0.05, 0) is 36.5 Å². The predicted molar refractivity (Wildman–Crippen MR) is 102 cm³/mol. The van der Waals surface area contributed by atoms with Crippen molar-refractivity contribution in [1.82, 2.24) is 15.3 Å². The van der Waals surface area contributed by atoms with Crippen LogP contribution in [0.1, 0.15) is 20.7 Å². The van der Waals surface area contributed by atoms with E-state index < -0.39 is 5.91 Å². The summed E-state index contributed by atoms with van der Waals surface area (Å²) in [5.41, 5.74) is 4.11. The molecule has 6 nitrogen and oxygen atoms in total. The highest BCUT2D eigenvalue weighted by atomic mass is 32.1. The van der Waals surface area contributed by atoms with Crippen LogP contribution in [0, 0.1) is 0 Å². The van der Waals surface area contributed by atoms with E-state index in [1.807, 2.05) is 30.3 Å². The van der Waals surface area contributed by atoms with E-state index in [-0.39, 0.29) is 11.5 Å². The Morgan fingerprint density at radius 3 is 2.04 bits per heavy atom. The minimum Gasteiger partial charge on any atom is -0.345 e. The maximum Gasteiger partial charge on any atom is 0.270 e. The van der Waals surface area contributed by atoms with E-state index in [1.165, 1.54) is 9.91 Å². The molecule has 0 spiro atoms. The molecule has 0 bridgehead atoms. The molecule has 0 fully saturated rings. The summed E-state index contributed by atoms with van der Waals surface area (Å²) in [6, 6.07) is 16.1. The third-order valence-electron chi connectivity index (χ3n) is 3.41. The molecule has 25 heavy (non-hydrogen) atoms. The third-order valence-corrected chi connectivity index (χ3v) is 3.78. The van der Waals surface area contributed by atoms with Gasteiger partial charge >= 0.3 is 0 Å². The van der Waals surface area contributed by atoms with Gasteiger partial charge in [0.2, 0.25) is 0 Å². The first-order valence-corrected chi connectivity index (χ1v) is 8.02. The van der Waals surface area contributed by atoms with Crippen molar-refractivity contribution in [1.29, 1.82) is 0 Å². The zero-order valence-corrected chi connectivity index (χ0v) is 15.1. The van der Waals surface area contributed by atoms with Gasteiger partial charge in [0.05, 0.1) is 11.1 Å². The number of hydrogen-bond acceptors (Lipinski definition) is 3. The molecule has 2 rings (SSSR count). The molecule has 0 saturated heterocycles. The van der Waals surface area contributed by atoms with E-state index in [0.29, 0.717) is 10.7 Å². The number of nitrogens with one attached hydrogen (secondary N) is 2. The van der Waals surface area contributed by atoms with Crippen molar-refractivity contribution in [2.75, 3.05) is 26.5 Å². The summed E-state index contributed by atoms with van der Waals surface area (Å²) >= 11 is 5.28. The number of benzene rings is 2. The smallest absolute Gasteiger partial charge is 0.270 e. The second kappa shape index (κ2) is 8.25. The van der Waals surface area contributed by atoms with Gasteiger partial charge in [-0.15, -0.1) is 0 Å². The number of hydrazine groups is 1. The first-order chi connectivity index (χ1) is 11.9. The lowest BCUT2D eigenvalue weighted by molar-refractivity contribution is 0.0810. The Balaban J connectivity index is 2.09. The van der Waals surface area contributed by atoms with Crippen molar-refractivity contribution < 1.29 is 9.59 Å². The Kier molecular flexibility index (Phi) is 6.08. The van der Waals surface area contributed by atoms with E-state index in [0.717, 1.165) is 5.69 Å². The second-order valence-corrected chi connectivity index (χ2v) is 5.93. The summed E-state index contributed by atoms with van der Waals surface area (Å²) in [5, 5.41) is 4.76. The molecular formula is C18H20N4O2S. The minimum atomic E-state index is -0.412. The Labute approximate surface area is 152 Å². The lowest BCUT2D eigenvalue weighted by atomic mass is 10.1. The van der Waals surface area contributed by atoms with E-state index in [1.54, 1.807) is 45.4 Å². The topological polar surface area (TPSA) is 64.7 Å². The molecular weight excluding hydrogens is 336 g/mol. The van der Waals surface area contributed by atoms with Crippen LogP contribution in [0.3, 0.4) is 0 Å². The molecule has 0 aliphatic heterocycles. The van der Waals surface area contributed by atoms with Gasteiger partial charge in [0, 0.05) is 26.8 Å². The molecule has 0 aliphatic rings. The van der Waals surface area contributed by atoms with E-state index in [9.17, 15) is 9.59 Å². The fourth-order valence-electron chi connectivity index (χ4n) is 2.10. The van der Waals surface area contributed by atoms with Gasteiger partial charge in [0.1, 0.15) is 0 Å². The van der Waals surface area contributed by atoms with Crippen molar-refractivity contribution in [3.63, 3.8) is 0 Å². The number of thiocarbonyl (C=S) groups is 1. The maximum atomic E-state index is 12.5. The number of carbonyl (C=O) groups is 2. The normalized spacial score (nSPS) is 9.88. The second-order valence-electron chi connectivity index (χ2n) is 5.54. The standard InChI is InChI=1S/C18H20N4O2S/c1-21(2)17(24)15-12-8-7-11-14(15)16(23)20-22(3)18(25)19-13-9-5-4-6-10-13/h4-12H,1-3H3,(H,19,25)(H,20,23). The van der Waals surface area contributed by atoms with Gasteiger partial charge in [-0.1, -0.05) is 30.3 Å². The SMILES string of the molecule is CN(C)C(=O)c1ccccc1C(=O)NN(C)C(=S)Nc1ccccc1. The average Bonchev–Trinajstić information content (AvgIpc) is 2.61. The summed E-state index contributed by atoms with van der Waals surface area (Å²) in [5.74, 6) is -0.649. The van der Waals surface area contributed by atoms with Crippen molar-refractivity contribution in [2.24, 2.45) is 0 Å². The van der Waals surface area contributed by atoms with Crippen molar-refractivity contribution in [2.45, 2.75) is 0 Å². The number of hydrogen-bond donors (Lipinski definition) is 2. The lowest BCUT2D eigenvalue weighted by Crippen LogP contribution is -2.45. The number of anilines is 1. The van der Waals surface area contributed by atoms with Gasteiger partial charge < -0.3 is 10.2 Å². The van der Waals surface area contributed by atoms with Crippen LogP contribution in [-0.4, -0.2) is 48.0 Å². The molecule has 0 radical (unpaired) electrons. The fraction of sp³-hybridized carbons (Fsp3) is 0.167. The van der Waals surface area contributed by atoms with Crippen LogP contribution >= 0.6 is 12.2 Å². The van der Waals surface area contributed by atoms with Crippen molar-refractivity contribution >= 4 is 34.8 Å². The van der Waals surface area contributed by atoms with E-state index in [2.05, 4.69) is 10.7 Å². The molecule has 2 amide bonds. The molecule has 0 atom stereocenters. The quantitative estimate of drug-likeness (QED) is 0.653. The highest BCUT2D eigenvalue weighted by Gasteiger charge is 2.19. The molecule has 7 heteroatoms. The third kappa shape index (κ3) is 4.77. The maximum absolute atomic E-state index is 12.5. The number of para-hydroxylation sites is 1. The highest BCUT2D eigenvalue weighted by Crippen LogP contribution is 2.11. The first-order valence-electron chi connectivity index (χ1n) is 7.61. The van der Waals surface area contributed by atoms with Crippen LogP contribution in [0.4, 0.5) is 5.69 Å². The summed E-state index contributed by atoms with van der Waals surface area (Å²) in [7, 11) is 4.91. The number of carbonyl (C=O) groups excluding carboxylic acids is 2. The van der Waals surface area contributed by atoms with Gasteiger partial charge in [0.25, 0.3) is 11.8 Å². The molecule has 130 valence electrons. The summed E-state index contributed by atoms with van der Waals surface area (Å²) in [6.07, 6.45) is 0. The number of amides is 2. The van der Waals surface area contributed by atoms with Gasteiger partial charge in [0.15, 0.2) is 5.11 Å². The Morgan fingerprint density at radius 1 is 0.880 bits per heavy atom. The lowest BCUT2D eigenvalue weighted by Gasteiger charge is -2.22. The number of nitrogens with zero attached hydrogens (tertiary/aromatic N) is 2. The summed E-state index contributed by atoms with van der Waals surface area (Å²) < 4.78 is 0. The molecule has 2 aromatic carbocycles. The van der Waals surface area contributed by atoms with Crippen molar-refractivity contribution in [3.8, 4) is 0 Å². The van der Waals surface area contributed by atoms with Crippen LogP contribution in [0.25, 0.3) is 0 Å². The molecule has 2 N–H and O–H groups in total. The number of rotatable bonds is 3. The van der Waals surface area contributed by atoms with E-state index in [4.69, 9.17) is 12.2 Å². The Morgan fingerprint density at radius 2 is 1.44 bits per heavy atom. The zero-order chi connectivity index (χ0) is 18.4. The predicted octanol–water partition coefficient (Wildman–Crippen LogP) is 2.36.